The number of halogens is 3. The maximum atomic E-state index is 12.2. The Bertz CT molecular complexity index is 584. The summed E-state index contributed by atoms with van der Waals surface area (Å²) in [5.74, 6) is 0. The van der Waals surface area contributed by atoms with Crippen molar-refractivity contribution < 1.29 is 21.6 Å². The van der Waals surface area contributed by atoms with Gasteiger partial charge in [-0.15, -0.1) is 0 Å². The van der Waals surface area contributed by atoms with Crippen molar-refractivity contribution in [1.82, 2.24) is 10.0 Å². The molecule has 0 aromatic heterocycles. The quantitative estimate of drug-likeness (QED) is 0.844. The van der Waals surface area contributed by atoms with E-state index in [-0.39, 0.29) is 10.9 Å². The summed E-state index contributed by atoms with van der Waals surface area (Å²) in [4.78, 5) is -0.130. The summed E-state index contributed by atoms with van der Waals surface area (Å²) in [6.45, 7) is 4.29. The van der Waals surface area contributed by atoms with Crippen molar-refractivity contribution in [2.45, 2.75) is 44.4 Å². The van der Waals surface area contributed by atoms with E-state index in [1.807, 2.05) is 13.8 Å². The maximum absolute atomic E-state index is 12.2. The molecule has 0 aliphatic carbocycles. The highest BCUT2D eigenvalue weighted by molar-refractivity contribution is 7.89. The van der Waals surface area contributed by atoms with E-state index in [2.05, 4.69) is 5.32 Å². The van der Waals surface area contributed by atoms with Gasteiger partial charge in [0.2, 0.25) is 10.0 Å². The lowest BCUT2D eigenvalue weighted by Gasteiger charge is -2.13. The zero-order valence-corrected chi connectivity index (χ0v) is 12.9. The zero-order valence-electron chi connectivity index (χ0n) is 12.1. The third-order valence-electron chi connectivity index (χ3n) is 2.72. The number of benzene rings is 1. The van der Waals surface area contributed by atoms with Crippen LogP contribution in [0.25, 0.3) is 0 Å². The van der Waals surface area contributed by atoms with Gasteiger partial charge in [0.1, 0.15) is 6.54 Å². The number of aryl methyl sites for hydroxylation is 1. The van der Waals surface area contributed by atoms with Crippen LogP contribution in [0.2, 0.25) is 0 Å². The van der Waals surface area contributed by atoms with E-state index in [0.717, 1.165) is 0 Å². The van der Waals surface area contributed by atoms with Crippen LogP contribution in [-0.2, 0) is 16.6 Å². The minimum Gasteiger partial charge on any atom is -0.310 e. The van der Waals surface area contributed by atoms with E-state index in [9.17, 15) is 21.6 Å². The van der Waals surface area contributed by atoms with Gasteiger partial charge in [0.25, 0.3) is 0 Å². The van der Waals surface area contributed by atoms with Crippen molar-refractivity contribution in [1.29, 1.82) is 0 Å². The molecule has 0 amide bonds. The van der Waals surface area contributed by atoms with Crippen molar-refractivity contribution in [2.75, 3.05) is 6.54 Å². The van der Waals surface area contributed by atoms with Crippen LogP contribution in [-0.4, -0.2) is 27.2 Å². The molecule has 0 spiro atoms. The Balaban J connectivity index is 2.97. The third kappa shape index (κ3) is 6.03. The fourth-order valence-electron chi connectivity index (χ4n) is 1.62. The van der Waals surface area contributed by atoms with Crippen LogP contribution in [0.15, 0.2) is 23.1 Å². The Labute approximate surface area is 122 Å². The predicted octanol–water partition coefficient (Wildman–Crippen LogP) is 2.33. The third-order valence-corrected chi connectivity index (χ3v) is 4.26. The summed E-state index contributed by atoms with van der Waals surface area (Å²) in [5.41, 5.74) is 1.10. The molecular weight excluding hydrogens is 305 g/mol. The summed E-state index contributed by atoms with van der Waals surface area (Å²) in [6, 6.07) is 4.94. The molecule has 1 rings (SSSR count). The molecule has 0 unspecified atom stereocenters. The molecule has 21 heavy (non-hydrogen) atoms. The van der Waals surface area contributed by atoms with Gasteiger partial charge in [-0.1, -0.05) is 26.0 Å². The average molecular weight is 324 g/mol. The highest BCUT2D eigenvalue weighted by atomic mass is 32.2. The van der Waals surface area contributed by atoms with Crippen LogP contribution in [0.4, 0.5) is 13.2 Å². The molecule has 0 heterocycles. The molecule has 4 nitrogen and oxygen atoms in total. The normalized spacial score (nSPS) is 12.9. The van der Waals surface area contributed by atoms with E-state index in [0.29, 0.717) is 17.7 Å². The SMILES string of the molecule is Cc1ccc(CNC(C)C)cc1S(=O)(=O)NCC(F)(F)F. The van der Waals surface area contributed by atoms with Crippen LogP contribution in [0.1, 0.15) is 25.0 Å². The standard InChI is InChI=1S/C13H19F3N2O2S/c1-9(2)17-7-11-5-4-10(3)12(6-11)21(19,20)18-8-13(14,15)16/h4-6,9,17-18H,7-8H2,1-3H3. The smallest absolute Gasteiger partial charge is 0.310 e. The molecule has 1 aromatic carbocycles. The molecule has 0 aliphatic rings. The summed E-state index contributed by atoms with van der Waals surface area (Å²) < 4.78 is 62.0. The lowest BCUT2D eigenvalue weighted by Crippen LogP contribution is -2.34. The molecule has 0 atom stereocenters. The first-order valence-corrected chi connectivity index (χ1v) is 7.89. The van der Waals surface area contributed by atoms with Crippen LogP contribution < -0.4 is 10.0 Å². The van der Waals surface area contributed by atoms with Crippen molar-refractivity contribution >= 4 is 10.0 Å². The summed E-state index contributed by atoms with van der Waals surface area (Å²) in [6.07, 6.45) is -4.59. The second kappa shape index (κ2) is 6.76. The summed E-state index contributed by atoms with van der Waals surface area (Å²) in [7, 11) is -4.18. The van der Waals surface area contributed by atoms with Gasteiger partial charge in [0.05, 0.1) is 4.90 Å². The van der Waals surface area contributed by atoms with E-state index in [1.165, 1.54) is 6.07 Å². The lowest BCUT2D eigenvalue weighted by atomic mass is 10.1. The number of nitrogens with one attached hydrogen (secondary N) is 2. The van der Waals surface area contributed by atoms with Crippen molar-refractivity contribution in [3.8, 4) is 0 Å². The van der Waals surface area contributed by atoms with Crippen LogP contribution in [0, 0.1) is 6.92 Å². The Hall–Kier alpha value is -1.12. The molecule has 0 bridgehead atoms. The molecule has 120 valence electrons. The second-order valence-electron chi connectivity index (χ2n) is 5.08. The van der Waals surface area contributed by atoms with Gasteiger partial charge in [-0.05, 0) is 24.1 Å². The Morgan fingerprint density at radius 3 is 2.38 bits per heavy atom. The number of hydrogen-bond donors (Lipinski definition) is 2. The van der Waals surface area contributed by atoms with Crippen molar-refractivity contribution in [3.63, 3.8) is 0 Å². The molecule has 0 saturated heterocycles. The molecule has 8 heteroatoms. The Morgan fingerprint density at radius 2 is 1.86 bits per heavy atom. The first kappa shape index (κ1) is 17.9. The monoisotopic (exact) mass is 324 g/mol. The first-order valence-electron chi connectivity index (χ1n) is 6.40. The van der Waals surface area contributed by atoms with Gasteiger partial charge in [-0.25, -0.2) is 13.1 Å². The second-order valence-corrected chi connectivity index (χ2v) is 6.81. The van der Waals surface area contributed by atoms with Gasteiger partial charge in [0, 0.05) is 12.6 Å². The van der Waals surface area contributed by atoms with Crippen LogP contribution >= 0.6 is 0 Å². The number of sulfonamides is 1. The van der Waals surface area contributed by atoms with Gasteiger partial charge in [0.15, 0.2) is 0 Å². The minimum absolute atomic E-state index is 0.130. The highest BCUT2D eigenvalue weighted by Crippen LogP contribution is 2.19. The molecule has 0 saturated carbocycles. The van der Waals surface area contributed by atoms with Gasteiger partial charge in [-0.3, -0.25) is 0 Å². The fraction of sp³-hybridized carbons (Fsp3) is 0.538. The van der Waals surface area contributed by atoms with Crippen molar-refractivity contribution in [3.05, 3.63) is 29.3 Å². The fourth-order valence-corrected chi connectivity index (χ4v) is 2.93. The molecule has 0 aliphatic heterocycles. The Morgan fingerprint density at radius 1 is 1.24 bits per heavy atom. The van der Waals surface area contributed by atoms with Crippen LogP contribution in [0.5, 0.6) is 0 Å². The van der Waals surface area contributed by atoms with Gasteiger partial charge >= 0.3 is 6.18 Å². The van der Waals surface area contributed by atoms with E-state index < -0.39 is 22.7 Å². The molecule has 2 N–H and O–H groups in total. The number of hydrogen-bond acceptors (Lipinski definition) is 3. The molecule has 1 aromatic rings. The minimum atomic E-state index is -4.59. The molecular formula is C13H19F3N2O2S. The molecule has 0 fully saturated rings. The van der Waals surface area contributed by atoms with Gasteiger partial charge < -0.3 is 5.32 Å². The van der Waals surface area contributed by atoms with E-state index >= 15 is 0 Å². The number of alkyl halides is 3. The number of rotatable bonds is 6. The van der Waals surface area contributed by atoms with Crippen LogP contribution in [0.3, 0.4) is 0 Å². The summed E-state index contributed by atoms with van der Waals surface area (Å²) >= 11 is 0. The maximum Gasteiger partial charge on any atom is 0.402 e. The van der Waals surface area contributed by atoms with E-state index in [4.69, 9.17) is 0 Å². The largest absolute Gasteiger partial charge is 0.402 e. The zero-order chi connectivity index (χ0) is 16.3. The summed E-state index contributed by atoms with van der Waals surface area (Å²) in [5, 5.41) is 3.12. The predicted molar refractivity (Wildman–Crippen MR) is 74.4 cm³/mol. The average Bonchev–Trinajstić information content (AvgIpc) is 2.34. The molecule has 0 radical (unpaired) electrons. The van der Waals surface area contributed by atoms with E-state index in [1.54, 1.807) is 23.8 Å². The first-order chi connectivity index (χ1) is 9.51. The Kier molecular flexibility index (Phi) is 5.77. The topological polar surface area (TPSA) is 58.2 Å². The van der Waals surface area contributed by atoms with Crippen molar-refractivity contribution in [2.24, 2.45) is 0 Å². The highest BCUT2D eigenvalue weighted by Gasteiger charge is 2.30. The van der Waals surface area contributed by atoms with Gasteiger partial charge in [-0.2, -0.15) is 13.2 Å². The lowest BCUT2D eigenvalue weighted by molar-refractivity contribution is -0.121.